The van der Waals surface area contributed by atoms with Crippen LogP contribution in [0, 0.1) is 0 Å². The summed E-state index contributed by atoms with van der Waals surface area (Å²) in [5.41, 5.74) is 0.523. The molecule has 0 radical (unpaired) electrons. The van der Waals surface area contributed by atoms with Crippen LogP contribution in [0.1, 0.15) is 6.92 Å². The van der Waals surface area contributed by atoms with Crippen molar-refractivity contribution in [3.63, 3.8) is 0 Å². The van der Waals surface area contributed by atoms with E-state index in [2.05, 4.69) is 14.5 Å². The molecule has 1 N–H and O–H groups in total. The molecule has 0 aromatic heterocycles. The molecule has 1 atom stereocenters. The summed E-state index contributed by atoms with van der Waals surface area (Å²) in [4.78, 5) is 12.6. The van der Waals surface area contributed by atoms with E-state index in [1.54, 1.807) is 6.92 Å². The predicted octanol–water partition coefficient (Wildman–Crippen LogP) is 0.407. The van der Waals surface area contributed by atoms with E-state index >= 15 is 0 Å². The zero-order chi connectivity index (χ0) is 7.98. The van der Waals surface area contributed by atoms with Crippen LogP contribution in [0.4, 0.5) is 0 Å². The van der Waals surface area contributed by atoms with Gasteiger partial charge in [-0.05, 0) is 6.92 Å². The van der Waals surface area contributed by atoms with Crippen LogP contribution in [-0.2, 0) is 13.9 Å². The zero-order valence-electron chi connectivity index (χ0n) is 5.83. The molecule has 0 aromatic carbocycles. The van der Waals surface area contributed by atoms with E-state index < -0.39 is 8.25 Å². The van der Waals surface area contributed by atoms with Crippen LogP contribution >= 0.6 is 8.25 Å². The van der Waals surface area contributed by atoms with E-state index in [-0.39, 0.29) is 6.61 Å². The van der Waals surface area contributed by atoms with Gasteiger partial charge in [-0.25, -0.2) is 0 Å². The monoisotopic (exact) mass is 167 g/mol. The lowest BCUT2D eigenvalue weighted by atomic mass is 10.5. The molecular formula is C4H10NO4P. The van der Waals surface area contributed by atoms with E-state index in [0.29, 0.717) is 5.71 Å². The van der Waals surface area contributed by atoms with Gasteiger partial charge in [0.25, 0.3) is 0 Å². The number of hydrogen-bond donors (Lipinski definition) is 1. The van der Waals surface area contributed by atoms with E-state index in [1.807, 2.05) is 0 Å². The van der Waals surface area contributed by atoms with Gasteiger partial charge in [0.05, 0.1) is 12.3 Å². The van der Waals surface area contributed by atoms with Crippen LogP contribution in [-0.4, -0.2) is 24.3 Å². The van der Waals surface area contributed by atoms with Gasteiger partial charge in [0, 0.05) is 0 Å². The minimum Gasteiger partial charge on any atom is -0.399 e. The number of nitrogens with zero attached hydrogens (tertiary/aromatic N) is 1. The molecule has 0 bridgehead atoms. The highest BCUT2D eigenvalue weighted by Gasteiger charge is 1.94. The lowest BCUT2D eigenvalue weighted by molar-refractivity contribution is 0.209. The average Bonchev–Trinajstić information content (AvgIpc) is 1.85. The fraction of sp³-hybridized carbons (Fsp3) is 0.750. The molecule has 6 heteroatoms. The van der Waals surface area contributed by atoms with Gasteiger partial charge >= 0.3 is 8.25 Å². The lowest BCUT2D eigenvalue weighted by Crippen LogP contribution is -2.00. The summed E-state index contributed by atoms with van der Waals surface area (Å²) in [7, 11) is -1.44. The Morgan fingerprint density at radius 2 is 2.40 bits per heavy atom. The van der Waals surface area contributed by atoms with Crippen molar-refractivity contribution < 1.29 is 18.8 Å². The molecule has 5 nitrogen and oxygen atoms in total. The Bertz CT molecular complexity index is 146. The zero-order valence-corrected chi connectivity index (χ0v) is 6.83. The van der Waals surface area contributed by atoms with Gasteiger partial charge in [-0.1, -0.05) is 5.16 Å². The van der Waals surface area contributed by atoms with E-state index in [1.165, 1.54) is 7.11 Å². The summed E-state index contributed by atoms with van der Waals surface area (Å²) >= 11 is 0. The van der Waals surface area contributed by atoms with Crippen LogP contribution in [0.2, 0.25) is 0 Å². The molecular weight excluding hydrogens is 157 g/mol. The SMILES string of the molecule is CON=C(C)CO[PH](=O)O. The number of hydrogen-bond acceptors (Lipinski definition) is 4. The number of rotatable bonds is 4. The molecule has 0 aliphatic rings. The minimum atomic E-state index is -2.83. The first-order chi connectivity index (χ1) is 4.66. The second-order valence-electron chi connectivity index (χ2n) is 1.56. The molecule has 10 heavy (non-hydrogen) atoms. The van der Waals surface area contributed by atoms with Gasteiger partial charge in [0.1, 0.15) is 7.11 Å². The Balaban J connectivity index is 3.48. The summed E-state index contributed by atoms with van der Waals surface area (Å²) in [5.74, 6) is 0. The Morgan fingerprint density at radius 1 is 1.80 bits per heavy atom. The third kappa shape index (κ3) is 5.75. The maximum absolute atomic E-state index is 9.98. The fourth-order valence-corrected chi connectivity index (χ4v) is 0.681. The Hall–Kier alpha value is -0.380. The third-order valence-corrected chi connectivity index (χ3v) is 1.04. The van der Waals surface area contributed by atoms with Gasteiger partial charge in [-0.2, -0.15) is 0 Å². The Labute approximate surface area is 59.6 Å². The van der Waals surface area contributed by atoms with Crippen LogP contribution in [0.25, 0.3) is 0 Å². The van der Waals surface area contributed by atoms with Crippen LogP contribution in [0.3, 0.4) is 0 Å². The molecule has 0 fully saturated rings. The smallest absolute Gasteiger partial charge is 0.316 e. The van der Waals surface area contributed by atoms with Crippen molar-refractivity contribution in [1.29, 1.82) is 0 Å². The molecule has 1 unspecified atom stereocenters. The minimum absolute atomic E-state index is 0.0299. The Morgan fingerprint density at radius 3 is 2.80 bits per heavy atom. The first kappa shape index (κ1) is 9.62. The molecule has 0 saturated carbocycles. The molecule has 0 saturated heterocycles. The normalized spacial score (nSPS) is 14.9. The van der Waals surface area contributed by atoms with Gasteiger partial charge in [0.15, 0.2) is 0 Å². The summed E-state index contributed by atoms with van der Waals surface area (Å²) in [6, 6.07) is 0. The lowest BCUT2D eigenvalue weighted by Gasteiger charge is -1.96. The second-order valence-corrected chi connectivity index (χ2v) is 2.38. The van der Waals surface area contributed by atoms with Crippen molar-refractivity contribution in [3.8, 4) is 0 Å². The topological polar surface area (TPSA) is 68.1 Å². The summed E-state index contributed by atoms with van der Waals surface area (Å²) in [5, 5.41) is 3.45. The highest BCUT2D eigenvalue weighted by Crippen LogP contribution is 2.13. The van der Waals surface area contributed by atoms with Crippen molar-refractivity contribution in [2.24, 2.45) is 5.16 Å². The molecule has 0 aliphatic heterocycles. The van der Waals surface area contributed by atoms with E-state index in [0.717, 1.165) is 0 Å². The van der Waals surface area contributed by atoms with E-state index in [4.69, 9.17) is 4.89 Å². The Kier molecular flexibility index (Phi) is 5.20. The molecule has 0 spiro atoms. The first-order valence-corrected chi connectivity index (χ1v) is 3.85. The quantitative estimate of drug-likeness (QED) is 0.374. The summed E-state index contributed by atoms with van der Waals surface area (Å²) < 4.78 is 14.3. The van der Waals surface area contributed by atoms with Crippen molar-refractivity contribution in [2.75, 3.05) is 13.7 Å². The maximum atomic E-state index is 9.98. The van der Waals surface area contributed by atoms with Crippen molar-refractivity contribution >= 4 is 14.0 Å². The summed E-state index contributed by atoms with van der Waals surface area (Å²) in [6.07, 6.45) is 0. The highest BCUT2D eigenvalue weighted by atomic mass is 31.1. The van der Waals surface area contributed by atoms with Gasteiger partial charge in [-0.15, -0.1) is 0 Å². The summed E-state index contributed by atoms with van der Waals surface area (Å²) in [6.45, 7) is 1.66. The highest BCUT2D eigenvalue weighted by molar-refractivity contribution is 7.32. The number of oxime groups is 1. The maximum Gasteiger partial charge on any atom is 0.316 e. The molecule has 0 rings (SSSR count). The molecule has 0 aliphatic carbocycles. The van der Waals surface area contributed by atoms with Crippen LogP contribution in [0.5, 0.6) is 0 Å². The molecule has 0 aromatic rings. The largest absolute Gasteiger partial charge is 0.399 e. The van der Waals surface area contributed by atoms with E-state index in [9.17, 15) is 4.57 Å². The predicted molar refractivity (Wildman–Crippen MR) is 37.3 cm³/mol. The second kappa shape index (κ2) is 5.41. The van der Waals surface area contributed by atoms with Crippen molar-refractivity contribution in [1.82, 2.24) is 0 Å². The average molecular weight is 167 g/mol. The molecule has 0 heterocycles. The van der Waals surface area contributed by atoms with Gasteiger partial charge < -0.3 is 14.3 Å². The van der Waals surface area contributed by atoms with Gasteiger partial charge in [-0.3, -0.25) is 4.57 Å². The van der Waals surface area contributed by atoms with Crippen LogP contribution in [0.15, 0.2) is 5.16 Å². The fourth-order valence-electron chi connectivity index (χ4n) is 0.348. The first-order valence-electron chi connectivity index (χ1n) is 2.59. The van der Waals surface area contributed by atoms with Crippen molar-refractivity contribution in [3.05, 3.63) is 0 Å². The van der Waals surface area contributed by atoms with Crippen LogP contribution < -0.4 is 0 Å². The standard InChI is InChI=1S/C4H10NO4P/c1-4(5-8-2)3-9-10(6)7/h10H,3H2,1-2H3,(H,6,7). The van der Waals surface area contributed by atoms with Gasteiger partial charge in [0.2, 0.25) is 0 Å². The molecule has 60 valence electrons. The third-order valence-electron chi connectivity index (χ3n) is 0.652. The molecule has 0 amide bonds. The van der Waals surface area contributed by atoms with Crippen molar-refractivity contribution in [2.45, 2.75) is 6.92 Å².